The van der Waals surface area contributed by atoms with E-state index in [1.165, 1.54) is 11.3 Å². The molecule has 0 spiro atoms. The largest absolute Gasteiger partial charge is 0.462 e. The van der Waals surface area contributed by atoms with Gasteiger partial charge in [-0.15, -0.1) is 11.3 Å². The summed E-state index contributed by atoms with van der Waals surface area (Å²) in [5.41, 5.74) is 7.40. The standard InChI is InChI=1S/C19H23N3O4S/c1-4-26-19(25)15-10(2)16(21-11(15)3)18(24)22-9-5-6-12(22)13-7-8-14(27-13)17(20)23/h7-8,12,21H,4-6,9H2,1-3H3,(H2,20,23)/t12-/m0/s1. The van der Waals surface area contributed by atoms with Crippen molar-refractivity contribution < 1.29 is 19.1 Å². The lowest BCUT2D eigenvalue weighted by atomic mass is 10.1. The Labute approximate surface area is 161 Å². The molecule has 0 bridgehead atoms. The van der Waals surface area contributed by atoms with Crippen LogP contribution in [0.4, 0.5) is 0 Å². The van der Waals surface area contributed by atoms with E-state index in [0.717, 1.165) is 17.7 Å². The van der Waals surface area contributed by atoms with Crippen molar-refractivity contribution in [1.29, 1.82) is 0 Å². The molecule has 0 aromatic carbocycles. The number of thiophene rings is 1. The van der Waals surface area contributed by atoms with Gasteiger partial charge in [-0.25, -0.2) is 4.79 Å². The molecule has 2 aromatic heterocycles. The number of primary amides is 1. The molecule has 1 saturated heterocycles. The zero-order valence-corrected chi connectivity index (χ0v) is 16.4. The monoisotopic (exact) mass is 389 g/mol. The zero-order valence-electron chi connectivity index (χ0n) is 15.6. The number of hydrogen-bond donors (Lipinski definition) is 2. The highest BCUT2D eigenvalue weighted by Crippen LogP contribution is 2.37. The number of carbonyl (C=O) groups excluding carboxylic acids is 3. The van der Waals surface area contributed by atoms with E-state index in [9.17, 15) is 14.4 Å². The molecular formula is C19H23N3O4S. The van der Waals surface area contributed by atoms with Crippen LogP contribution in [-0.4, -0.2) is 40.8 Å². The fourth-order valence-corrected chi connectivity index (χ4v) is 4.59. The molecule has 1 fully saturated rings. The maximum absolute atomic E-state index is 13.2. The molecule has 3 N–H and O–H groups in total. The van der Waals surface area contributed by atoms with Crippen molar-refractivity contribution in [2.45, 2.75) is 39.7 Å². The van der Waals surface area contributed by atoms with Crippen molar-refractivity contribution in [3.8, 4) is 0 Å². The second-order valence-corrected chi connectivity index (χ2v) is 7.68. The van der Waals surface area contributed by atoms with Crippen LogP contribution in [0.3, 0.4) is 0 Å². The number of aromatic nitrogens is 1. The number of aryl methyl sites for hydroxylation is 1. The number of H-pyrrole nitrogens is 1. The van der Waals surface area contributed by atoms with Crippen LogP contribution in [0.15, 0.2) is 12.1 Å². The number of amides is 2. The molecule has 7 nitrogen and oxygen atoms in total. The number of likely N-dealkylation sites (tertiary alicyclic amines) is 1. The molecule has 3 rings (SSSR count). The lowest BCUT2D eigenvalue weighted by Crippen LogP contribution is -2.31. The van der Waals surface area contributed by atoms with E-state index < -0.39 is 11.9 Å². The minimum absolute atomic E-state index is 0.0929. The van der Waals surface area contributed by atoms with Crippen LogP contribution in [-0.2, 0) is 4.74 Å². The smallest absolute Gasteiger partial charge is 0.340 e. The van der Waals surface area contributed by atoms with Crippen molar-refractivity contribution in [2.75, 3.05) is 13.2 Å². The number of nitrogens with two attached hydrogens (primary N) is 1. The third-order valence-electron chi connectivity index (χ3n) is 4.84. The first-order chi connectivity index (χ1) is 12.8. The second kappa shape index (κ2) is 7.56. The summed E-state index contributed by atoms with van der Waals surface area (Å²) < 4.78 is 5.10. The van der Waals surface area contributed by atoms with Crippen LogP contribution >= 0.6 is 11.3 Å². The van der Waals surface area contributed by atoms with Crippen molar-refractivity contribution in [2.24, 2.45) is 5.73 Å². The van der Waals surface area contributed by atoms with E-state index in [-0.39, 0.29) is 18.6 Å². The molecule has 0 aliphatic carbocycles. The first-order valence-corrected chi connectivity index (χ1v) is 9.73. The third-order valence-corrected chi connectivity index (χ3v) is 6.04. The fourth-order valence-electron chi connectivity index (χ4n) is 3.59. The van der Waals surface area contributed by atoms with Crippen LogP contribution in [0.1, 0.15) is 72.5 Å². The number of carbonyl (C=O) groups is 3. The number of nitrogens with one attached hydrogen (secondary N) is 1. The zero-order chi connectivity index (χ0) is 19.7. The van der Waals surface area contributed by atoms with Crippen LogP contribution in [0, 0.1) is 13.8 Å². The summed E-state index contributed by atoms with van der Waals surface area (Å²) in [6.07, 6.45) is 1.71. The molecule has 0 unspecified atom stereocenters. The summed E-state index contributed by atoms with van der Waals surface area (Å²) in [7, 11) is 0. The third kappa shape index (κ3) is 3.49. The molecule has 8 heteroatoms. The minimum atomic E-state index is -0.461. The van der Waals surface area contributed by atoms with E-state index in [1.807, 2.05) is 6.07 Å². The number of hydrogen-bond acceptors (Lipinski definition) is 5. The van der Waals surface area contributed by atoms with E-state index in [1.54, 1.807) is 31.7 Å². The topological polar surface area (TPSA) is 105 Å². The maximum atomic E-state index is 13.2. The fraction of sp³-hybridized carbons (Fsp3) is 0.421. The summed E-state index contributed by atoms with van der Waals surface area (Å²) in [5.74, 6) is -1.04. The molecule has 27 heavy (non-hydrogen) atoms. The number of ether oxygens (including phenoxy) is 1. The van der Waals surface area contributed by atoms with Gasteiger partial charge in [0, 0.05) is 17.1 Å². The SMILES string of the molecule is CCOC(=O)c1c(C)[nH]c(C(=O)N2CCC[C@H]2c2ccc(C(N)=O)s2)c1C. The highest BCUT2D eigenvalue weighted by Gasteiger charge is 2.34. The molecule has 1 aliphatic rings. The van der Waals surface area contributed by atoms with Gasteiger partial charge < -0.3 is 20.4 Å². The Kier molecular flexibility index (Phi) is 5.36. The molecular weight excluding hydrogens is 366 g/mol. The Balaban J connectivity index is 1.89. The average molecular weight is 389 g/mol. The van der Waals surface area contributed by atoms with Crippen molar-refractivity contribution in [3.63, 3.8) is 0 Å². The summed E-state index contributed by atoms with van der Waals surface area (Å²) in [6, 6.07) is 3.47. The minimum Gasteiger partial charge on any atom is -0.462 e. The van der Waals surface area contributed by atoms with Gasteiger partial charge in [0.05, 0.1) is 23.1 Å². The molecule has 144 valence electrons. The summed E-state index contributed by atoms with van der Waals surface area (Å²) >= 11 is 1.33. The van der Waals surface area contributed by atoms with Gasteiger partial charge in [0.1, 0.15) is 5.69 Å². The summed E-state index contributed by atoms with van der Waals surface area (Å²) in [6.45, 7) is 6.16. The summed E-state index contributed by atoms with van der Waals surface area (Å²) in [4.78, 5) is 43.0. The predicted molar refractivity (Wildman–Crippen MR) is 102 cm³/mol. The molecule has 0 saturated carbocycles. The van der Waals surface area contributed by atoms with Gasteiger partial charge >= 0.3 is 5.97 Å². The van der Waals surface area contributed by atoms with Crippen LogP contribution in [0.25, 0.3) is 0 Å². The van der Waals surface area contributed by atoms with E-state index in [2.05, 4.69) is 4.98 Å². The number of rotatable bonds is 5. The van der Waals surface area contributed by atoms with Gasteiger partial charge in [-0.1, -0.05) is 0 Å². The van der Waals surface area contributed by atoms with Crippen molar-refractivity contribution >= 4 is 29.1 Å². The highest BCUT2D eigenvalue weighted by atomic mass is 32.1. The first kappa shape index (κ1) is 19.2. The molecule has 3 heterocycles. The lowest BCUT2D eigenvalue weighted by Gasteiger charge is -2.23. The Bertz CT molecular complexity index is 899. The molecule has 1 aliphatic heterocycles. The quantitative estimate of drug-likeness (QED) is 0.767. The lowest BCUT2D eigenvalue weighted by molar-refractivity contribution is 0.0524. The van der Waals surface area contributed by atoms with E-state index >= 15 is 0 Å². The molecule has 0 radical (unpaired) electrons. The Morgan fingerprint density at radius 3 is 2.70 bits per heavy atom. The normalized spacial score (nSPS) is 16.6. The first-order valence-electron chi connectivity index (χ1n) is 8.91. The van der Waals surface area contributed by atoms with Gasteiger partial charge in [0.25, 0.3) is 11.8 Å². The van der Waals surface area contributed by atoms with Gasteiger partial charge in [0.2, 0.25) is 0 Å². The molecule has 1 atom stereocenters. The van der Waals surface area contributed by atoms with E-state index in [0.29, 0.717) is 33.9 Å². The summed E-state index contributed by atoms with van der Waals surface area (Å²) in [5, 5.41) is 0. The molecule has 2 amide bonds. The average Bonchev–Trinajstić information content (AvgIpc) is 3.32. The van der Waals surface area contributed by atoms with Gasteiger partial charge in [-0.2, -0.15) is 0 Å². The maximum Gasteiger partial charge on any atom is 0.340 e. The number of aromatic amines is 1. The van der Waals surface area contributed by atoms with Crippen molar-refractivity contribution in [3.05, 3.63) is 44.4 Å². The van der Waals surface area contributed by atoms with Gasteiger partial charge in [-0.3, -0.25) is 9.59 Å². The Morgan fingerprint density at radius 1 is 1.33 bits per heavy atom. The van der Waals surface area contributed by atoms with Gasteiger partial charge in [0.15, 0.2) is 0 Å². The Hall–Kier alpha value is -2.61. The van der Waals surface area contributed by atoms with Crippen LogP contribution in [0.5, 0.6) is 0 Å². The second-order valence-electron chi connectivity index (χ2n) is 6.57. The van der Waals surface area contributed by atoms with E-state index in [4.69, 9.17) is 10.5 Å². The highest BCUT2D eigenvalue weighted by molar-refractivity contribution is 7.14. The van der Waals surface area contributed by atoms with Crippen LogP contribution in [0.2, 0.25) is 0 Å². The molecule has 2 aromatic rings. The number of nitrogens with zero attached hydrogens (tertiary/aromatic N) is 1. The predicted octanol–water partition coefficient (Wildman–Crippen LogP) is 2.95. The van der Waals surface area contributed by atoms with Crippen molar-refractivity contribution in [1.82, 2.24) is 9.88 Å². The van der Waals surface area contributed by atoms with Crippen LogP contribution < -0.4 is 5.73 Å². The van der Waals surface area contributed by atoms with Gasteiger partial charge in [-0.05, 0) is 51.3 Å². The Morgan fingerprint density at radius 2 is 2.07 bits per heavy atom. The number of esters is 1.